The van der Waals surface area contributed by atoms with Crippen molar-refractivity contribution in [1.82, 2.24) is 0 Å². The minimum Gasteiger partial charge on any atom is -0.458 e. The van der Waals surface area contributed by atoms with Gasteiger partial charge in [0.05, 0.1) is 21.1 Å². The number of rotatable bonds is 4. The molecular weight excluding hydrogens is 158 g/mol. The van der Waals surface area contributed by atoms with E-state index in [2.05, 4.69) is 0 Å². The second-order valence-corrected chi connectivity index (χ2v) is 3.86. The maximum atomic E-state index is 10.7. The number of hydrogen-bond donors (Lipinski definition) is 1. The minimum absolute atomic E-state index is 0.354. The van der Waals surface area contributed by atoms with E-state index in [1.54, 1.807) is 0 Å². The summed E-state index contributed by atoms with van der Waals surface area (Å²) in [7, 11) is 6.03. The highest BCUT2D eigenvalue weighted by Gasteiger charge is 2.12. The largest absolute Gasteiger partial charge is 0.458 e. The molecule has 0 aromatic heterocycles. The van der Waals surface area contributed by atoms with Crippen LogP contribution in [-0.2, 0) is 9.53 Å². The fourth-order valence-electron chi connectivity index (χ4n) is 0.541. The Balaban J connectivity index is 3.51. The van der Waals surface area contributed by atoms with Crippen LogP contribution in [0.2, 0.25) is 0 Å². The molecule has 0 aromatic carbocycles. The number of carbonyl (C=O) groups is 1. The van der Waals surface area contributed by atoms with Crippen molar-refractivity contribution in [3.8, 4) is 0 Å². The Bertz CT molecular complexity index is 149. The van der Waals surface area contributed by atoms with Crippen molar-refractivity contribution in [3.05, 3.63) is 0 Å². The molecule has 0 aromatic rings. The minimum atomic E-state index is -1.02. The van der Waals surface area contributed by atoms with Gasteiger partial charge in [-0.15, -0.1) is 0 Å². The van der Waals surface area contributed by atoms with E-state index in [4.69, 9.17) is 9.84 Å². The van der Waals surface area contributed by atoms with Crippen LogP contribution in [0.5, 0.6) is 0 Å². The number of hydrogen-bond acceptors (Lipinski definition) is 3. The number of quaternary nitrogens is 1. The molecule has 0 rings (SSSR count). The van der Waals surface area contributed by atoms with E-state index in [0.29, 0.717) is 6.61 Å². The molecule has 4 nitrogen and oxygen atoms in total. The van der Waals surface area contributed by atoms with Gasteiger partial charge < -0.3 is 14.3 Å². The predicted molar refractivity (Wildman–Crippen MR) is 45.5 cm³/mol. The Hall–Kier alpha value is -0.610. The summed E-state index contributed by atoms with van der Waals surface area (Å²) in [6.45, 7) is 2.50. The van der Waals surface area contributed by atoms with E-state index in [1.807, 2.05) is 21.1 Å². The zero-order valence-electron chi connectivity index (χ0n) is 8.20. The second-order valence-electron chi connectivity index (χ2n) is 3.86. The van der Waals surface area contributed by atoms with Crippen LogP contribution in [0, 0.1) is 0 Å². The van der Waals surface area contributed by atoms with Crippen LogP contribution in [0.1, 0.15) is 6.92 Å². The molecule has 0 heterocycles. The summed E-state index contributed by atoms with van der Waals surface area (Å²) < 4.78 is 5.52. The van der Waals surface area contributed by atoms with Gasteiger partial charge in [0, 0.05) is 0 Å². The zero-order valence-corrected chi connectivity index (χ0v) is 8.20. The molecule has 0 aliphatic heterocycles. The molecule has 0 amide bonds. The van der Waals surface area contributed by atoms with Crippen molar-refractivity contribution in [2.45, 2.75) is 13.0 Å². The summed E-state index contributed by atoms with van der Waals surface area (Å²) in [5.41, 5.74) is 0. The molecule has 12 heavy (non-hydrogen) atoms. The summed E-state index contributed by atoms with van der Waals surface area (Å²) in [4.78, 5) is 10.7. The quantitative estimate of drug-likeness (QED) is 0.469. The summed E-state index contributed by atoms with van der Waals surface area (Å²) in [6.07, 6.45) is -1.02. The van der Waals surface area contributed by atoms with Crippen LogP contribution in [0.15, 0.2) is 0 Å². The van der Waals surface area contributed by atoms with Crippen LogP contribution in [-0.4, -0.2) is 56.0 Å². The molecular formula is C8H18NO3+. The van der Waals surface area contributed by atoms with E-state index in [-0.39, 0.29) is 0 Å². The third-order valence-electron chi connectivity index (χ3n) is 1.35. The van der Waals surface area contributed by atoms with Gasteiger partial charge >= 0.3 is 5.97 Å². The lowest BCUT2D eigenvalue weighted by molar-refractivity contribution is -0.870. The Morgan fingerprint density at radius 2 is 2.00 bits per heavy atom. The summed E-state index contributed by atoms with van der Waals surface area (Å²) in [5, 5.41) is 8.77. The lowest BCUT2D eigenvalue weighted by Gasteiger charge is -2.23. The van der Waals surface area contributed by atoms with Crippen molar-refractivity contribution in [1.29, 1.82) is 0 Å². The van der Waals surface area contributed by atoms with Crippen LogP contribution in [0.3, 0.4) is 0 Å². The van der Waals surface area contributed by atoms with E-state index >= 15 is 0 Å². The molecule has 0 fully saturated rings. The van der Waals surface area contributed by atoms with Crippen LogP contribution in [0.4, 0.5) is 0 Å². The Labute approximate surface area is 73.3 Å². The Morgan fingerprint density at radius 1 is 1.50 bits per heavy atom. The number of ether oxygens (including phenoxy) is 1. The van der Waals surface area contributed by atoms with Gasteiger partial charge in [0.2, 0.25) is 0 Å². The average Bonchev–Trinajstić information content (AvgIpc) is 1.84. The Kier molecular flexibility index (Phi) is 4.20. The summed E-state index contributed by atoms with van der Waals surface area (Å²) in [6, 6.07) is 0. The average molecular weight is 176 g/mol. The number of nitrogens with zero attached hydrogens (tertiary/aromatic N) is 1. The fraction of sp³-hybridized carbons (Fsp3) is 0.875. The van der Waals surface area contributed by atoms with Crippen LogP contribution >= 0.6 is 0 Å². The molecule has 0 radical (unpaired) electrons. The molecule has 0 bridgehead atoms. The normalized spacial score (nSPS) is 14.1. The fourth-order valence-corrected chi connectivity index (χ4v) is 0.541. The van der Waals surface area contributed by atoms with Gasteiger partial charge in [0.25, 0.3) is 0 Å². The molecule has 0 spiro atoms. The molecule has 0 saturated carbocycles. The van der Waals surface area contributed by atoms with Gasteiger partial charge in [-0.1, -0.05) is 0 Å². The highest BCUT2D eigenvalue weighted by Crippen LogP contribution is 1.91. The van der Waals surface area contributed by atoms with Crippen molar-refractivity contribution < 1.29 is 19.1 Å². The van der Waals surface area contributed by atoms with E-state index in [0.717, 1.165) is 11.0 Å². The van der Waals surface area contributed by atoms with E-state index in [9.17, 15) is 4.79 Å². The first-order chi connectivity index (χ1) is 5.33. The highest BCUT2D eigenvalue weighted by molar-refractivity contribution is 5.73. The Morgan fingerprint density at radius 3 is 2.33 bits per heavy atom. The van der Waals surface area contributed by atoms with E-state index < -0.39 is 12.1 Å². The van der Waals surface area contributed by atoms with Gasteiger partial charge in [-0.3, -0.25) is 0 Å². The topological polar surface area (TPSA) is 46.5 Å². The molecule has 72 valence electrons. The lowest BCUT2D eigenvalue weighted by atomic mass is 10.4. The number of esters is 1. The van der Waals surface area contributed by atoms with Crippen LogP contribution in [0.25, 0.3) is 0 Å². The standard InChI is InChI=1S/C8H18NO3/c1-7(10)8(11)12-6-5-9(2,3)4/h7,10H,5-6H2,1-4H3/q+1/t7-/m1/s1. The molecule has 1 atom stereocenters. The predicted octanol–water partition coefficient (Wildman–Crippen LogP) is -0.383. The van der Waals surface area contributed by atoms with E-state index in [1.165, 1.54) is 6.92 Å². The van der Waals surface area contributed by atoms with Crippen molar-refractivity contribution in [2.75, 3.05) is 34.3 Å². The smallest absolute Gasteiger partial charge is 0.334 e. The van der Waals surface area contributed by atoms with Crippen LogP contribution < -0.4 is 0 Å². The first-order valence-electron chi connectivity index (χ1n) is 3.98. The number of likely N-dealkylation sites (N-methyl/N-ethyl adjacent to an activating group) is 1. The van der Waals surface area contributed by atoms with Gasteiger partial charge in [-0.2, -0.15) is 0 Å². The maximum Gasteiger partial charge on any atom is 0.334 e. The molecule has 0 aliphatic carbocycles. The number of aliphatic hydroxyl groups is 1. The lowest BCUT2D eigenvalue weighted by Crippen LogP contribution is -2.38. The van der Waals surface area contributed by atoms with Gasteiger partial charge in [0.1, 0.15) is 19.3 Å². The van der Waals surface area contributed by atoms with Crippen molar-refractivity contribution >= 4 is 5.97 Å². The summed E-state index contributed by atoms with van der Waals surface area (Å²) >= 11 is 0. The zero-order chi connectivity index (χ0) is 9.78. The number of carbonyl (C=O) groups excluding carboxylic acids is 1. The molecule has 0 saturated heterocycles. The van der Waals surface area contributed by atoms with Crippen molar-refractivity contribution in [2.24, 2.45) is 0 Å². The monoisotopic (exact) mass is 176 g/mol. The first-order valence-corrected chi connectivity index (χ1v) is 3.98. The van der Waals surface area contributed by atoms with Gasteiger partial charge in [0.15, 0.2) is 0 Å². The third-order valence-corrected chi connectivity index (χ3v) is 1.35. The third kappa shape index (κ3) is 6.12. The molecule has 0 unspecified atom stereocenters. The second kappa shape index (κ2) is 4.42. The molecule has 4 heteroatoms. The summed E-state index contributed by atoms with van der Waals surface area (Å²) in [5.74, 6) is -0.552. The maximum absolute atomic E-state index is 10.7. The van der Waals surface area contributed by atoms with Crippen molar-refractivity contribution in [3.63, 3.8) is 0 Å². The molecule has 0 aliphatic rings. The van der Waals surface area contributed by atoms with Gasteiger partial charge in [-0.25, -0.2) is 4.79 Å². The highest BCUT2D eigenvalue weighted by atomic mass is 16.5. The molecule has 1 N–H and O–H groups in total. The van der Waals surface area contributed by atoms with Gasteiger partial charge in [-0.05, 0) is 6.92 Å². The SMILES string of the molecule is C[C@@H](O)C(=O)OCC[N+](C)(C)C. The number of aliphatic hydroxyl groups excluding tert-OH is 1. The first kappa shape index (κ1) is 11.4.